The van der Waals surface area contributed by atoms with Crippen LogP contribution in [0.4, 0.5) is 5.82 Å². The van der Waals surface area contributed by atoms with Crippen molar-refractivity contribution >= 4 is 23.1 Å². The zero-order valence-corrected chi connectivity index (χ0v) is 11.0. The molecule has 2 heterocycles. The van der Waals surface area contributed by atoms with Gasteiger partial charge in [-0.1, -0.05) is 0 Å². The molecule has 0 aromatic carbocycles. The van der Waals surface area contributed by atoms with Gasteiger partial charge >= 0.3 is 0 Å². The van der Waals surface area contributed by atoms with Crippen LogP contribution in [-0.4, -0.2) is 22.8 Å². The Morgan fingerprint density at radius 3 is 2.94 bits per heavy atom. The first-order chi connectivity index (χ1) is 8.60. The fourth-order valence-electron chi connectivity index (χ4n) is 1.51. The smallest absolute Gasteiger partial charge is 0.249 e. The zero-order chi connectivity index (χ0) is 13.1. The van der Waals surface area contributed by atoms with Gasteiger partial charge in [-0.2, -0.15) is 5.10 Å². The second kappa shape index (κ2) is 5.09. The summed E-state index contributed by atoms with van der Waals surface area (Å²) in [6.45, 7) is 0.595. The Morgan fingerprint density at radius 1 is 1.61 bits per heavy atom. The maximum atomic E-state index is 11.0. The van der Waals surface area contributed by atoms with Crippen LogP contribution < -0.4 is 15.8 Å². The van der Waals surface area contributed by atoms with E-state index in [2.05, 4.69) is 10.4 Å². The molecule has 6 nitrogen and oxygen atoms in total. The van der Waals surface area contributed by atoms with Gasteiger partial charge in [-0.15, -0.1) is 11.3 Å². The Bertz CT molecular complexity index is 561. The molecule has 0 bridgehead atoms. The van der Waals surface area contributed by atoms with Crippen LogP contribution in [0.2, 0.25) is 0 Å². The number of nitrogens with two attached hydrogens (primary N) is 1. The van der Waals surface area contributed by atoms with Crippen LogP contribution >= 0.6 is 11.3 Å². The SMILES string of the molecule is COc1cc(NCc2cc(C(N)=O)cs2)nn1C. The summed E-state index contributed by atoms with van der Waals surface area (Å²) < 4.78 is 6.76. The first-order valence-corrected chi connectivity index (χ1v) is 6.17. The number of carbonyl (C=O) groups is 1. The van der Waals surface area contributed by atoms with E-state index in [0.717, 1.165) is 10.7 Å². The number of amides is 1. The maximum Gasteiger partial charge on any atom is 0.249 e. The van der Waals surface area contributed by atoms with Crippen LogP contribution in [-0.2, 0) is 13.6 Å². The van der Waals surface area contributed by atoms with E-state index < -0.39 is 5.91 Å². The Kier molecular flexibility index (Phi) is 3.52. The number of aromatic nitrogens is 2. The summed E-state index contributed by atoms with van der Waals surface area (Å²) in [5.41, 5.74) is 5.73. The molecule has 18 heavy (non-hydrogen) atoms. The molecule has 2 rings (SSSR count). The van der Waals surface area contributed by atoms with Gasteiger partial charge in [0.25, 0.3) is 0 Å². The first-order valence-electron chi connectivity index (χ1n) is 5.29. The average Bonchev–Trinajstić information content (AvgIpc) is 2.92. The van der Waals surface area contributed by atoms with Crippen molar-refractivity contribution in [2.45, 2.75) is 6.54 Å². The quantitative estimate of drug-likeness (QED) is 0.852. The molecular formula is C11H14N4O2S. The Balaban J connectivity index is 1.99. The third-order valence-electron chi connectivity index (χ3n) is 2.43. The number of ether oxygens (including phenoxy) is 1. The molecule has 0 radical (unpaired) electrons. The number of thiophene rings is 1. The van der Waals surface area contributed by atoms with Crippen molar-refractivity contribution in [1.29, 1.82) is 0 Å². The highest BCUT2D eigenvalue weighted by molar-refractivity contribution is 7.10. The molecule has 0 aliphatic heterocycles. The lowest BCUT2D eigenvalue weighted by molar-refractivity contribution is 0.100. The molecule has 2 aromatic rings. The molecule has 0 atom stereocenters. The van der Waals surface area contributed by atoms with Crippen molar-refractivity contribution in [3.63, 3.8) is 0 Å². The molecule has 0 fully saturated rings. The lowest BCUT2D eigenvalue weighted by Crippen LogP contribution is -2.09. The van der Waals surface area contributed by atoms with Crippen molar-refractivity contribution in [1.82, 2.24) is 9.78 Å². The minimum atomic E-state index is -0.406. The highest BCUT2D eigenvalue weighted by Crippen LogP contribution is 2.18. The number of nitrogens with one attached hydrogen (secondary N) is 1. The minimum Gasteiger partial charge on any atom is -0.481 e. The van der Waals surface area contributed by atoms with Crippen LogP contribution in [0.15, 0.2) is 17.5 Å². The molecule has 1 amide bonds. The van der Waals surface area contributed by atoms with E-state index in [0.29, 0.717) is 18.0 Å². The molecule has 0 aliphatic rings. The molecule has 0 aliphatic carbocycles. The number of hydrogen-bond acceptors (Lipinski definition) is 5. The largest absolute Gasteiger partial charge is 0.481 e. The number of methoxy groups -OCH3 is 1. The minimum absolute atomic E-state index is 0.406. The zero-order valence-electron chi connectivity index (χ0n) is 10.1. The highest BCUT2D eigenvalue weighted by Gasteiger charge is 2.07. The topological polar surface area (TPSA) is 82.2 Å². The van der Waals surface area contributed by atoms with Gasteiger partial charge in [-0.25, -0.2) is 4.68 Å². The molecule has 0 saturated carbocycles. The van der Waals surface area contributed by atoms with Crippen LogP contribution in [0.5, 0.6) is 5.88 Å². The standard InChI is InChI=1S/C11H14N4O2S/c1-15-10(17-2)4-9(14-15)13-5-8-3-7(6-18-8)11(12)16/h3-4,6H,5H2,1-2H3,(H2,12,16)(H,13,14). The van der Waals surface area contributed by atoms with E-state index in [1.54, 1.807) is 30.3 Å². The fraction of sp³-hybridized carbons (Fsp3) is 0.273. The number of aryl methyl sites for hydroxylation is 1. The molecular weight excluding hydrogens is 252 g/mol. The number of anilines is 1. The summed E-state index contributed by atoms with van der Waals surface area (Å²) in [5.74, 6) is 1.00. The number of primary amides is 1. The van der Waals surface area contributed by atoms with Crippen LogP contribution in [0, 0.1) is 0 Å². The van der Waals surface area contributed by atoms with Gasteiger partial charge in [0, 0.05) is 23.4 Å². The molecule has 7 heteroatoms. The molecule has 2 aromatic heterocycles. The lowest BCUT2D eigenvalue weighted by Gasteiger charge is -1.98. The summed E-state index contributed by atoms with van der Waals surface area (Å²) in [5, 5.41) is 9.14. The van der Waals surface area contributed by atoms with Gasteiger partial charge in [0.1, 0.15) is 0 Å². The summed E-state index contributed by atoms with van der Waals surface area (Å²) in [4.78, 5) is 12.0. The predicted molar refractivity (Wildman–Crippen MR) is 69.9 cm³/mol. The second-order valence-electron chi connectivity index (χ2n) is 3.72. The van der Waals surface area contributed by atoms with Crippen molar-refractivity contribution in [2.24, 2.45) is 12.8 Å². The molecule has 3 N–H and O–H groups in total. The number of hydrogen-bond donors (Lipinski definition) is 2. The molecule has 0 spiro atoms. The van der Waals surface area contributed by atoms with Crippen molar-refractivity contribution in [2.75, 3.05) is 12.4 Å². The molecule has 96 valence electrons. The second-order valence-corrected chi connectivity index (χ2v) is 4.71. The van der Waals surface area contributed by atoms with E-state index >= 15 is 0 Å². The normalized spacial score (nSPS) is 10.3. The van der Waals surface area contributed by atoms with Gasteiger partial charge in [0.2, 0.25) is 11.8 Å². The number of carbonyl (C=O) groups excluding carboxylic acids is 1. The summed E-state index contributed by atoms with van der Waals surface area (Å²) in [7, 11) is 3.40. The third kappa shape index (κ3) is 2.62. The number of nitrogens with zero attached hydrogens (tertiary/aromatic N) is 2. The summed E-state index contributed by atoms with van der Waals surface area (Å²) >= 11 is 1.48. The average molecular weight is 266 g/mol. The van der Waals surface area contributed by atoms with Gasteiger partial charge < -0.3 is 15.8 Å². The third-order valence-corrected chi connectivity index (χ3v) is 3.36. The van der Waals surface area contributed by atoms with Crippen molar-refractivity contribution in [3.8, 4) is 5.88 Å². The Morgan fingerprint density at radius 2 is 2.39 bits per heavy atom. The van der Waals surface area contributed by atoms with Crippen LogP contribution in [0.3, 0.4) is 0 Å². The van der Waals surface area contributed by atoms with Crippen molar-refractivity contribution in [3.05, 3.63) is 28.0 Å². The monoisotopic (exact) mass is 266 g/mol. The lowest BCUT2D eigenvalue weighted by atomic mass is 10.3. The molecule has 0 saturated heterocycles. The van der Waals surface area contributed by atoms with Gasteiger partial charge in [0.05, 0.1) is 19.2 Å². The fourth-order valence-corrected chi connectivity index (χ4v) is 2.32. The van der Waals surface area contributed by atoms with Crippen LogP contribution in [0.1, 0.15) is 15.2 Å². The number of rotatable bonds is 5. The summed E-state index contributed by atoms with van der Waals surface area (Å²) in [6, 6.07) is 3.59. The van der Waals surface area contributed by atoms with Crippen molar-refractivity contribution < 1.29 is 9.53 Å². The maximum absolute atomic E-state index is 11.0. The van der Waals surface area contributed by atoms with Gasteiger partial charge in [-0.3, -0.25) is 4.79 Å². The Labute approximate surface area is 108 Å². The van der Waals surface area contributed by atoms with Gasteiger partial charge in [0.15, 0.2) is 5.82 Å². The van der Waals surface area contributed by atoms with E-state index in [-0.39, 0.29) is 0 Å². The van der Waals surface area contributed by atoms with Crippen LogP contribution in [0.25, 0.3) is 0 Å². The molecule has 0 unspecified atom stereocenters. The van der Waals surface area contributed by atoms with Gasteiger partial charge in [-0.05, 0) is 6.07 Å². The highest BCUT2D eigenvalue weighted by atomic mass is 32.1. The van der Waals surface area contributed by atoms with E-state index in [1.165, 1.54) is 11.3 Å². The first kappa shape index (κ1) is 12.4. The van der Waals surface area contributed by atoms with E-state index in [1.807, 2.05) is 6.07 Å². The summed E-state index contributed by atoms with van der Waals surface area (Å²) in [6.07, 6.45) is 0. The van der Waals surface area contributed by atoms with E-state index in [4.69, 9.17) is 10.5 Å². The van der Waals surface area contributed by atoms with E-state index in [9.17, 15) is 4.79 Å². The Hall–Kier alpha value is -2.02. The predicted octanol–water partition coefficient (Wildman–Crippen LogP) is 1.20.